The molecule has 1 aliphatic rings. The molecule has 192 valence electrons. The molecule has 1 fully saturated rings. The molecule has 0 bridgehead atoms. The topological polar surface area (TPSA) is 88.8 Å². The van der Waals surface area contributed by atoms with E-state index in [9.17, 15) is 18.0 Å². The van der Waals surface area contributed by atoms with Crippen LogP contribution in [-0.4, -0.2) is 48.9 Å². The van der Waals surface area contributed by atoms with Crippen molar-refractivity contribution in [2.75, 3.05) is 18.4 Å². The van der Waals surface area contributed by atoms with Gasteiger partial charge in [0.05, 0.1) is 44.1 Å². The molecule has 37 heavy (non-hydrogen) atoms. The lowest BCUT2D eigenvalue weighted by molar-refractivity contribution is -0.137. The molecular weight excluding hydrogens is 527 g/mol. The third-order valence-electron chi connectivity index (χ3n) is 6.05. The van der Waals surface area contributed by atoms with Crippen LogP contribution in [0.2, 0.25) is 5.02 Å². The van der Waals surface area contributed by atoms with Gasteiger partial charge in [0.1, 0.15) is 5.69 Å². The van der Waals surface area contributed by atoms with Crippen LogP contribution in [0.5, 0.6) is 0 Å². The number of nitrogens with zero attached hydrogens (tertiary/aromatic N) is 6. The number of hydrogen-bond donors (Lipinski definition) is 1. The standard InChI is InChI=1S/C24H21ClF3N7OS/c1-14-20(35-12-19(32-33-35)21-10-29-13-37-21)7-15(9-30-14)23(36)31-17-6-16(11-34-4-2-3-5-34)22(25)18(8-17)24(26,27)28/h6-10,12-13H,2-5,11H2,1H3,(H,31,36). The second-order valence-electron chi connectivity index (χ2n) is 8.67. The van der Waals surface area contributed by atoms with Crippen molar-refractivity contribution in [1.29, 1.82) is 0 Å². The van der Waals surface area contributed by atoms with Crippen LogP contribution in [0, 0.1) is 6.92 Å². The first kappa shape index (κ1) is 25.3. The van der Waals surface area contributed by atoms with Crippen LogP contribution < -0.4 is 5.32 Å². The predicted molar refractivity (Wildman–Crippen MR) is 134 cm³/mol. The molecule has 3 aromatic heterocycles. The molecule has 0 atom stereocenters. The summed E-state index contributed by atoms with van der Waals surface area (Å²) < 4.78 is 42.7. The number of likely N-dealkylation sites (tertiary alicyclic amines) is 1. The van der Waals surface area contributed by atoms with Gasteiger partial charge in [-0.1, -0.05) is 16.8 Å². The molecule has 0 aliphatic carbocycles. The number of benzene rings is 1. The van der Waals surface area contributed by atoms with Crippen LogP contribution in [0.3, 0.4) is 0 Å². The molecule has 1 aliphatic heterocycles. The zero-order valence-corrected chi connectivity index (χ0v) is 21.2. The van der Waals surface area contributed by atoms with Crippen LogP contribution in [0.1, 0.15) is 40.0 Å². The summed E-state index contributed by atoms with van der Waals surface area (Å²) in [5.41, 5.74) is 2.89. The Morgan fingerprint density at radius 2 is 1.97 bits per heavy atom. The highest BCUT2D eigenvalue weighted by molar-refractivity contribution is 7.13. The first-order valence-electron chi connectivity index (χ1n) is 11.4. The Bertz CT molecular complexity index is 1430. The van der Waals surface area contributed by atoms with Gasteiger partial charge >= 0.3 is 6.18 Å². The van der Waals surface area contributed by atoms with Crippen molar-refractivity contribution >= 4 is 34.5 Å². The van der Waals surface area contributed by atoms with Crippen LogP contribution in [-0.2, 0) is 12.7 Å². The lowest BCUT2D eigenvalue weighted by Gasteiger charge is -2.20. The molecule has 1 saturated heterocycles. The van der Waals surface area contributed by atoms with Crippen LogP contribution >= 0.6 is 22.9 Å². The van der Waals surface area contributed by atoms with E-state index in [0.717, 1.165) is 36.9 Å². The Morgan fingerprint density at radius 3 is 2.68 bits per heavy atom. The first-order chi connectivity index (χ1) is 17.7. The van der Waals surface area contributed by atoms with E-state index in [1.54, 1.807) is 30.9 Å². The number of carbonyl (C=O) groups excluding carboxylic acids is 1. The predicted octanol–water partition coefficient (Wildman–Crippen LogP) is 5.61. The number of amides is 1. The van der Waals surface area contributed by atoms with E-state index < -0.39 is 17.6 Å². The van der Waals surface area contributed by atoms with Gasteiger partial charge in [-0.25, -0.2) is 4.68 Å². The second-order valence-corrected chi connectivity index (χ2v) is 9.94. The van der Waals surface area contributed by atoms with Crippen molar-refractivity contribution in [3.63, 3.8) is 0 Å². The highest BCUT2D eigenvalue weighted by Crippen LogP contribution is 2.39. The van der Waals surface area contributed by atoms with Crippen molar-refractivity contribution in [1.82, 2.24) is 29.9 Å². The van der Waals surface area contributed by atoms with Crippen LogP contribution in [0.15, 0.2) is 42.3 Å². The summed E-state index contributed by atoms with van der Waals surface area (Å²) in [7, 11) is 0. The minimum absolute atomic E-state index is 0.00582. The fraction of sp³-hybridized carbons (Fsp3) is 0.292. The number of halogens is 4. The Kier molecular flexibility index (Phi) is 6.97. The van der Waals surface area contributed by atoms with Gasteiger partial charge in [0.25, 0.3) is 5.91 Å². The van der Waals surface area contributed by atoms with E-state index in [2.05, 4.69) is 25.6 Å². The maximum Gasteiger partial charge on any atom is 0.417 e. The number of hydrogen-bond acceptors (Lipinski definition) is 7. The molecule has 0 spiro atoms. The Hall–Kier alpha value is -3.35. The van der Waals surface area contributed by atoms with E-state index in [4.69, 9.17) is 11.6 Å². The Morgan fingerprint density at radius 1 is 1.19 bits per heavy atom. The summed E-state index contributed by atoms with van der Waals surface area (Å²) in [5, 5.41) is 10.5. The Labute approximate surface area is 219 Å². The van der Waals surface area contributed by atoms with Gasteiger partial charge in [-0.2, -0.15) is 13.2 Å². The molecule has 0 unspecified atom stereocenters. The minimum atomic E-state index is -4.67. The molecule has 4 aromatic rings. The summed E-state index contributed by atoms with van der Waals surface area (Å²) in [6, 6.07) is 3.92. The molecule has 13 heteroatoms. The van der Waals surface area contributed by atoms with Crippen molar-refractivity contribution in [2.24, 2.45) is 0 Å². The average molecular weight is 548 g/mol. The number of alkyl halides is 3. The Balaban J connectivity index is 1.43. The second kappa shape index (κ2) is 10.2. The summed E-state index contributed by atoms with van der Waals surface area (Å²) in [6.45, 7) is 3.61. The smallest absolute Gasteiger partial charge is 0.322 e. The third kappa shape index (κ3) is 5.50. The third-order valence-corrected chi connectivity index (χ3v) is 7.29. The molecular formula is C24H21ClF3N7OS. The van der Waals surface area contributed by atoms with Crippen molar-refractivity contribution in [2.45, 2.75) is 32.5 Å². The van der Waals surface area contributed by atoms with E-state index in [1.165, 1.54) is 28.3 Å². The van der Waals surface area contributed by atoms with E-state index in [-0.39, 0.29) is 22.8 Å². The van der Waals surface area contributed by atoms with Crippen LogP contribution in [0.25, 0.3) is 16.3 Å². The van der Waals surface area contributed by atoms with Gasteiger partial charge in [0.15, 0.2) is 0 Å². The van der Waals surface area contributed by atoms with Gasteiger partial charge < -0.3 is 5.32 Å². The van der Waals surface area contributed by atoms with Crippen molar-refractivity contribution in [3.05, 3.63) is 69.7 Å². The monoisotopic (exact) mass is 547 g/mol. The number of nitrogens with one attached hydrogen (secondary N) is 1. The number of anilines is 1. The molecule has 1 aromatic carbocycles. The van der Waals surface area contributed by atoms with E-state index >= 15 is 0 Å². The van der Waals surface area contributed by atoms with Gasteiger partial charge in [-0.15, -0.1) is 16.4 Å². The largest absolute Gasteiger partial charge is 0.417 e. The molecule has 4 heterocycles. The normalized spacial score (nSPS) is 14.3. The minimum Gasteiger partial charge on any atom is -0.322 e. The van der Waals surface area contributed by atoms with Crippen molar-refractivity contribution in [3.8, 4) is 16.3 Å². The lowest BCUT2D eigenvalue weighted by Crippen LogP contribution is -2.20. The lowest BCUT2D eigenvalue weighted by atomic mass is 10.1. The van der Waals surface area contributed by atoms with E-state index in [0.29, 0.717) is 22.6 Å². The highest BCUT2D eigenvalue weighted by Gasteiger charge is 2.35. The molecule has 5 rings (SSSR count). The average Bonchev–Trinajstić information content (AvgIpc) is 3.63. The quantitative estimate of drug-likeness (QED) is 0.337. The summed E-state index contributed by atoms with van der Waals surface area (Å²) in [6.07, 6.45) is 2.03. The first-order valence-corrected chi connectivity index (χ1v) is 12.7. The summed E-state index contributed by atoms with van der Waals surface area (Å²) >= 11 is 7.57. The zero-order valence-electron chi connectivity index (χ0n) is 19.6. The number of aryl methyl sites for hydroxylation is 1. The van der Waals surface area contributed by atoms with Gasteiger partial charge in [-0.3, -0.25) is 19.7 Å². The van der Waals surface area contributed by atoms with Crippen molar-refractivity contribution < 1.29 is 18.0 Å². The molecule has 1 amide bonds. The molecule has 0 saturated carbocycles. The van der Waals surface area contributed by atoms with Gasteiger partial charge in [0, 0.05) is 24.6 Å². The number of carbonyl (C=O) groups is 1. The highest BCUT2D eigenvalue weighted by atomic mass is 35.5. The fourth-order valence-corrected chi connectivity index (χ4v) is 5.02. The number of aromatic nitrogens is 5. The maximum absolute atomic E-state index is 13.7. The molecule has 8 nitrogen and oxygen atoms in total. The molecule has 1 N–H and O–H groups in total. The fourth-order valence-electron chi connectivity index (χ4n) is 4.18. The van der Waals surface area contributed by atoms with Gasteiger partial charge in [-0.05, 0) is 56.6 Å². The number of pyridine rings is 1. The summed E-state index contributed by atoms with van der Waals surface area (Å²) in [5.74, 6) is -0.612. The zero-order chi connectivity index (χ0) is 26.2. The number of thiazole rings is 1. The maximum atomic E-state index is 13.7. The van der Waals surface area contributed by atoms with Crippen LogP contribution in [0.4, 0.5) is 18.9 Å². The van der Waals surface area contributed by atoms with Gasteiger partial charge in [0.2, 0.25) is 0 Å². The molecule has 0 radical (unpaired) electrons. The summed E-state index contributed by atoms with van der Waals surface area (Å²) in [4.78, 5) is 24.3. The number of rotatable bonds is 6. The van der Waals surface area contributed by atoms with E-state index in [1.807, 2.05) is 4.90 Å². The SMILES string of the molecule is Cc1ncc(C(=O)Nc2cc(CN3CCCC3)c(Cl)c(C(F)(F)F)c2)cc1-n1cc(-c2cncs2)nn1.